The van der Waals surface area contributed by atoms with Crippen molar-refractivity contribution in [3.05, 3.63) is 29.8 Å². The number of hydrogen-bond acceptors (Lipinski definition) is 5. The van der Waals surface area contributed by atoms with Gasteiger partial charge >= 0.3 is 0 Å². The molecule has 0 saturated carbocycles. The first-order chi connectivity index (χ1) is 10.2. The van der Waals surface area contributed by atoms with Gasteiger partial charge in [0.25, 0.3) is 0 Å². The van der Waals surface area contributed by atoms with Crippen LogP contribution in [-0.2, 0) is 11.2 Å². The fraction of sp³-hybridized carbons (Fsp3) is 0.647. The Morgan fingerprint density at radius 3 is 2.14 bits per heavy atom. The van der Waals surface area contributed by atoms with Crippen LogP contribution in [0.3, 0.4) is 0 Å². The Kier molecular flexibility index (Phi) is 5.12. The molecule has 1 fully saturated rings. The topological polar surface area (TPSA) is 79.2 Å². The van der Waals surface area contributed by atoms with E-state index in [1.165, 1.54) is 5.56 Å². The van der Waals surface area contributed by atoms with Crippen LogP contribution < -0.4 is 4.74 Å². The summed E-state index contributed by atoms with van der Waals surface area (Å²) in [5.74, 6) is 0.553. The summed E-state index contributed by atoms with van der Waals surface area (Å²) in [5.41, 5.74) is 1.41. The molecule has 0 amide bonds. The van der Waals surface area contributed by atoms with Crippen LogP contribution in [0, 0.1) is 5.41 Å². The van der Waals surface area contributed by atoms with Crippen molar-refractivity contribution >= 4 is 0 Å². The first-order valence-electron chi connectivity index (χ1n) is 7.62. The van der Waals surface area contributed by atoms with E-state index in [0.717, 1.165) is 6.42 Å². The number of aliphatic hydroxyl groups excluding tert-OH is 3. The molecule has 5 nitrogen and oxygen atoms in total. The lowest BCUT2D eigenvalue weighted by Crippen LogP contribution is -2.58. The highest BCUT2D eigenvalue weighted by molar-refractivity contribution is 5.28. The highest BCUT2D eigenvalue weighted by Gasteiger charge is 2.43. The number of ether oxygens (including phenoxy) is 2. The molecular formula is C17H26O5. The second kappa shape index (κ2) is 6.54. The van der Waals surface area contributed by atoms with Crippen molar-refractivity contribution in [2.75, 3.05) is 0 Å². The summed E-state index contributed by atoms with van der Waals surface area (Å²) >= 11 is 0. The fourth-order valence-electron chi connectivity index (χ4n) is 2.54. The smallest absolute Gasteiger partial charge is 0.229 e. The molecule has 1 aromatic carbocycles. The van der Waals surface area contributed by atoms with Crippen LogP contribution in [-0.4, -0.2) is 46.0 Å². The third-order valence-corrected chi connectivity index (χ3v) is 3.72. The summed E-state index contributed by atoms with van der Waals surface area (Å²) in [5, 5.41) is 29.4. The largest absolute Gasteiger partial charge is 0.462 e. The molecule has 0 bridgehead atoms. The number of benzene rings is 1. The van der Waals surface area contributed by atoms with Crippen molar-refractivity contribution in [1.82, 2.24) is 0 Å². The summed E-state index contributed by atoms with van der Waals surface area (Å²) < 4.78 is 11.0. The van der Waals surface area contributed by atoms with E-state index < -0.39 is 30.7 Å². The summed E-state index contributed by atoms with van der Waals surface area (Å²) in [4.78, 5) is 0. The van der Waals surface area contributed by atoms with Gasteiger partial charge in [-0.1, -0.05) is 32.9 Å². The summed E-state index contributed by atoms with van der Waals surface area (Å²) in [7, 11) is 0. The highest BCUT2D eigenvalue weighted by atomic mass is 16.7. The van der Waals surface area contributed by atoms with Crippen LogP contribution in [0.15, 0.2) is 24.3 Å². The molecule has 0 spiro atoms. The van der Waals surface area contributed by atoms with E-state index in [-0.39, 0.29) is 5.41 Å². The van der Waals surface area contributed by atoms with Gasteiger partial charge in [0.05, 0.1) is 6.10 Å². The van der Waals surface area contributed by atoms with Gasteiger partial charge < -0.3 is 24.8 Å². The zero-order valence-corrected chi connectivity index (χ0v) is 13.6. The maximum Gasteiger partial charge on any atom is 0.229 e. The van der Waals surface area contributed by atoms with Crippen LogP contribution in [0.2, 0.25) is 0 Å². The normalized spacial score (nSPS) is 32.8. The Labute approximate surface area is 131 Å². The molecule has 22 heavy (non-hydrogen) atoms. The Morgan fingerprint density at radius 2 is 1.59 bits per heavy atom. The summed E-state index contributed by atoms with van der Waals surface area (Å²) in [6.07, 6.45) is -4.35. The van der Waals surface area contributed by atoms with Gasteiger partial charge in [-0.2, -0.15) is 0 Å². The SMILES string of the molecule is C[C@@H]1O[C@@H](Oc2ccc(CC(C)(C)C)cc2)[C@@H](O)[C@H](O)[C@@H]1O. The molecule has 1 aliphatic rings. The van der Waals surface area contributed by atoms with Gasteiger partial charge in [0.1, 0.15) is 24.1 Å². The van der Waals surface area contributed by atoms with Gasteiger partial charge in [0.2, 0.25) is 6.29 Å². The molecule has 2 rings (SSSR count). The molecular weight excluding hydrogens is 284 g/mol. The van der Waals surface area contributed by atoms with Crippen LogP contribution in [0.4, 0.5) is 0 Å². The fourth-order valence-corrected chi connectivity index (χ4v) is 2.54. The van der Waals surface area contributed by atoms with E-state index in [1.54, 1.807) is 6.92 Å². The average Bonchev–Trinajstić information content (AvgIpc) is 2.43. The minimum Gasteiger partial charge on any atom is -0.462 e. The molecule has 0 radical (unpaired) electrons. The molecule has 1 aliphatic heterocycles. The van der Waals surface area contributed by atoms with Crippen molar-refractivity contribution in [1.29, 1.82) is 0 Å². The lowest BCUT2D eigenvalue weighted by atomic mass is 9.88. The Morgan fingerprint density at radius 1 is 1.00 bits per heavy atom. The first-order valence-corrected chi connectivity index (χ1v) is 7.62. The summed E-state index contributed by atoms with van der Waals surface area (Å²) in [6.45, 7) is 8.16. The molecule has 0 unspecified atom stereocenters. The van der Waals surface area contributed by atoms with Gasteiger partial charge in [-0.15, -0.1) is 0 Å². The van der Waals surface area contributed by atoms with Crippen molar-refractivity contribution in [3.63, 3.8) is 0 Å². The zero-order valence-electron chi connectivity index (χ0n) is 13.6. The second-order valence-corrected chi connectivity index (χ2v) is 7.18. The van der Waals surface area contributed by atoms with Crippen LogP contribution in [0.25, 0.3) is 0 Å². The predicted molar refractivity (Wildman–Crippen MR) is 82.6 cm³/mol. The van der Waals surface area contributed by atoms with Crippen LogP contribution in [0.1, 0.15) is 33.3 Å². The molecule has 1 saturated heterocycles. The molecule has 5 heteroatoms. The molecule has 124 valence electrons. The molecule has 1 aromatic rings. The number of aliphatic hydroxyl groups is 3. The molecule has 0 aromatic heterocycles. The standard InChI is InChI=1S/C17H26O5/c1-10-13(18)14(19)15(20)16(21-10)22-12-7-5-11(6-8-12)9-17(2,3)4/h5-8,10,13-16,18-20H,9H2,1-4H3/t10-,13+,14+,15-,16-/m0/s1. The van der Waals surface area contributed by atoms with E-state index in [1.807, 2.05) is 24.3 Å². The number of hydrogen-bond donors (Lipinski definition) is 3. The van der Waals surface area contributed by atoms with Crippen LogP contribution in [0.5, 0.6) is 5.75 Å². The Hall–Kier alpha value is -1.14. The second-order valence-electron chi connectivity index (χ2n) is 7.18. The quantitative estimate of drug-likeness (QED) is 0.788. The minimum absolute atomic E-state index is 0.209. The third-order valence-electron chi connectivity index (χ3n) is 3.72. The highest BCUT2D eigenvalue weighted by Crippen LogP contribution is 2.26. The van der Waals surface area contributed by atoms with Crippen LogP contribution >= 0.6 is 0 Å². The van der Waals surface area contributed by atoms with Gasteiger partial charge in [0, 0.05) is 0 Å². The van der Waals surface area contributed by atoms with E-state index >= 15 is 0 Å². The maximum absolute atomic E-state index is 9.93. The lowest BCUT2D eigenvalue weighted by Gasteiger charge is -2.38. The minimum atomic E-state index is -1.29. The van der Waals surface area contributed by atoms with E-state index in [9.17, 15) is 15.3 Å². The van der Waals surface area contributed by atoms with Crippen molar-refractivity contribution < 1.29 is 24.8 Å². The molecule has 3 N–H and O–H groups in total. The summed E-state index contributed by atoms with van der Waals surface area (Å²) in [6, 6.07) is 7.59. The zero-order chi connectivity index (χ0) is 16.5. The Balaban J connectivity index is 2.01. The monoisotopic (exact) mass is 310 g/mol. The van der Waals surface area contributed by atoms with E-state index in [2.05, 4.69) is 20.8 Å². The molecule has 5 atom stereocenters. The van der Waals surface area contributed by atoms with Crippen molar-refractivity contribution in [2.45, 2.75) is 64.8 Å². The third kappa shape index (κ3) is 4.20. The predicted octanol–water partition coefficient (Wildman–Crippen LogP) is 1.48. The van der Waals surface area contributed by atoms with Crippen molar-refractivity contribution in [2.24, 2.45) is 5.41 Å². The lowest BCUT2D eigenvalue weighted by molar-refractivity contribution is -0.268. The van der Waals surface area contributed by atoms with Gasteiger partial charge in [-0.3, -0.25) is 0 Å². The van der Waals surface area contributed by atoms with Gasteiger partial charge in [0.15, 0.2) is 0 Å². The molecule has 0 aliphatic carbocycles. The van der Waals surface area contributed by atoms with Gasteiger partial charge in [-0.25, -0.2) is 0 Å². The average molecular weight is 310 g/mol. The van der Waals surface area contributed by atoms with Gasteiger partial charge in [-0.05, 0) is 36.5 Å². The maximum atomic E-state index is 9.93. The first kappa shape index (κ1) is 17.2. The van der Waals surface area contributed by atoms with E-state index in [4.69, 9.17) is 9.47 Å². The molecule has 1 heterocycles. The van der Waals surface area contributed by atoms with E-state index in [0.29, 0.717) is 5.75 Å². The Bertz CT molecular complexity index is 479. The van der Waals surface area contributed by atoms with Crippen molar-refractivity contribution in [3.8, 4) is 5.75 Å². The number of rotatable bonds is 3.